The van der Waals surface area contributed by atoms with Gasteiger partial charge < -0.3 is 0 Å². The predicted octanol–water partition coefficient (Wildman–Crippen LogP) is 5.16. The van der Waals surface area contributed by atoms with Crippen LogP contribution in [0.5, 0.6) is 0 Å². The van der Waals surface area contributed by atoms with Crippen molar-refractivity contribution in [2.75, 3.05) is 0 Å². The Hall–Kier alpha value is 1.10. The Labute approximate surface area is 113 Å². The monoisotopic (exact) mass is 346 g/mol. The maximum atomic E-state index is 13.2. The molecule has 0 aromatic heterocycles. The van der Waals surface area contributed by atoms with E-state index in [9.17, 15) is 22.0 Å². The summed E-state index contributed by atoms with van der Waals surface area (Å²) < 4.78 is 57.7. The quantitative estimate of drug-likeness (QED) is 0.488. The summed E-state index contributed by atoms with van der Waals surface area (Å²) in [6.45, 7) is 0.205. The molecule has 16 heavy (non-hydrogen) atoms. The zero-order valence-electron chi connectivity index (χ0n) is 7.36. The number of rotatable bonds is 3. The van der Waals surface area contributed by atoms with Gasteiger partial charge in [0.15, 0.2) is 6.17 Å². The fraction of sp³-hybridized carbons (Fsp3) is 1.00. The van der Waals surface area contributed by atoms with Crippen LogP contribution in [-0.4, -0.2) is 26.1 Å². The van der Waals surface area contributed by atoms with Gasteiger partial charge in [0.05, 0.1) is 0 Å². The molecule has 0 aromatic rings. The lowest BCUT2D eigenvalue weighted by atomic mass is 10.0. The van der Waals surface area contributed by atoms with Crippen molar-refractivity contribution in [3.63, 3.8) is 0 Å². The van der Waals surface area contributed by atoms with E-state index in [1.54, 1.807) is 0 Å². The first-order valence-corrected chi connectivity index (χ1v) is 5.42. The molecule has 0 heterocycles. The average molecular weight is 348 g/mol. The van der Waals surface area contributed by atoms with E-state index in [4.69, 9.17) is 58.0 Å². The highest BCUT2D eigenvalue weighted by atomic mass is 35.6. The second-order valence-corrected chi connectivity index (χ2v) is 6.49. The third-order valence-electron chi connectivity index (χ3n) is 1.67. The third kappa shape index (κ3) is 2.58. The standard InChI is InChI=1S/C6H4Cl5F5/c1-2(12)3(13,14)5(15,16)4(7,8)6(9,10)11/h2H,1H3. The number of hydrogen-bond donors (Lipinski definition) is 0. The molecule has 0 rings (SSSR count). The van der Waals surface area contributed by atoms with Crippen molar-refractivity contribution in [1.82, 2.24) is 0 Å². The number of halogens is 10. The molecule has 0 saturated heterocycles. The predicted molar refractivity (Wildman–Crippen MR) is 55.2 cm³/mol. The lowest BCUT2D eigenvalue weighted by molar-refractivity contribution is -0.241. The van der Waals surface area contributed by atoms with Gasteiger partial charge in [-0.3, -0.25) is 0 Å². The third-order valence-corrected chi connectivity index (χ3v) is 4.14. The highest BCUT2D eigenvalue weighted by Gasteiger charge is 2.76. The zero-order valence-corrected chi connectivity index (χ0v) is 11.1. The molecule has 0 aliphatic carbocycles. The second kappa shape index (κ2) is 4.65. The summed E-state index contributed by atoms with van der Waals surface area (Å²) in [4.78, 5) is 0. The molecule has 0 aliphatic heterocycles. The van der Waals surface area contributed by atoms with Gasteiger partial charge in [0.2, 0.25) is 8.13 Å². The number of hydrogen-bond acceptors (Lipinski definition) is 0. The Balaban J connectivity index is 5.53. The van der Waals surface area contributed by atoms with E-state index >= 15 is 0 Å². The molecule has 1 atom stereocenters. The number of alkyl halides is 10. The molecule has 10 heteroatoms. The summed E-state index contributed by atoms with van der Waals surface area (Å²) in [5.74, 6) is -10.5. The van der Waals surface area contributed by atoms with Crippen LogP contribution in [0, 0.1) is 0 Å². The van der Waals surface area contributed by atoms with Crippen LogP contribution in [0.4, 0.5) is 22.0 Å². The van der Waals surface area contributed by atoms with Gasteiger partial charge in [0.1, 0.15) is 0 Å². The molecule has 0 nitrogen and oxygen atoms in total. The zero-order chi connectivity index (χ0) is 13.6. The van der Waals surface area contributed by atoms with Crippen LogP contribution >= 0.6 is 58.0 Å². The van der Waals surface area contributed by atoms with E-state index in [1.165, 1.54) is 0 Å². The molecule has 0 radical (unpaired) electrons. The van der Waals surface area contributed by atoms with E-state index in [0.29, 0.717) is 0 Å². The summed E-state index contributed by atoms with van der Waals surface area (Å²) in [6, 6.07) is 0. The fourth-order valence-corrected chi connectivity index (χ4v) is 1.25. The summed E-state index contributed by atoms with van der Waals surface area (Å²) in [5, 5.41) is 0. The fourth-order valence-electron chi connectivity index (χ4n) is 0.637. The van der Waals surface area contributed by atoms with Crippen molar-refractivity contribution < 1.29 is 22.0 Å². The van der Waals surface area contributed by atoms with E-state index < -0.39 is 26.1 Å². The minimum absolute atomic E-state index is 0.205. The normalized spacial score (nSPS) is 17.4. The molecule has 0 bridgehead atoms. The van der Waals surface area contributed by atoms with Crippen LogP contribution in [0.2, 0.25) is 0 Å². The van der Waals surface area contributed by atoms with E-state index in [0.717, 1.165) is 0 Å². The summed E-state index contributed by atoms with van der Waals surface area (Å²) >= 11 is 24.7. The highest BCUT2D eigenvalue weighted by Crippen LogP contribution is 2.59. The van der Waals surface area contributed by atoms with Crippen molar-refractivity contribution in [3.05, 3.63) is 0 Å². The maximum absolute atomic E-state index is 13.2. The van der Waals surface area contributed by atoms with Gasteiger partial charge in [-0.2, -0.15) is 17.6 Å². The van der Waals surface area contributed by atoms with Crippen molar-refractivity contribution in [2.45, 2.75) is 33.1 Å². The summed E-state index contributed by atoms with van der Waals surface area (Å²) in [5.41, 5.74) is 0. The van der Waals surface area contributed by atoms with Gasteiger partial charge in [0, 0.05) is 0 Å². The average Bonchev–Trinajstić information content (AvgIpc) is 2.00. The first-order valence-electron chi connectivity index (χ1n) is 3.54. The molecule has 0 aromatic carbocycles. The largest absolute Gasteiger partial charge is 0.349 e. The van der Waals surface area contributed by atoms with Gasteiger partial charge >= 0.3 is 11.8 Å². The molecule has 0 saturated carbocycles. The van der Waals surface area contributed by atoms with Crippen molar-refractivity contribution in [1.29, 1.82) is 0 Å². The Morgan fingerprint density at radius 1 is 0.875 bits per heavy atom. The molecule has 0 fully saturated rings. The van der Waals surface area contributed by atoms with Crippen molar-refractivity contribution >= 4 is 58.0 Å². The first-order chi connectivity index (χ1) is 6.69. The minimum atomic E-state index is -5.28. The van der Waals surface area contributed by atoms with E-state index in [1.807, 2.05) is 0 Å². The molecule has 0 spiro atoms. The van der Waals surface area contributed by atoms with Crippen LogP contribution in [0.25, 0.3) is 0 Å². The highest BCUT2D eigenvalue weighted by molar-refractivity contribution is 6.75. The molecular weight excluding hydrogens is 344 g/mol. The van der Waals surface area contributed by atoms with E-state index in [2.05, 4.69) is 0 Å². The molecule has 0 aliphatic rings. The summed E-state index contributed by atoms with van der Waals surface area (Å²) in [6.07, 6.45) is -3.23. The Morgan fingerprint density at radius 2 is 1.19 bits per heavy atom. The Kier molecular flexibility index (Phi) is 4.97. The van der Waals surface area contributed by atoms with Gasteiger partial charge in [-0.05, 0) is 6.92 Å². The van der Waals surface area contributed by atoms with Crippen molar-refractivity contribution in [2.24, 2.45) is 0 Å². The molecule has 1 unspecified atom stereocenters. The van der Waals surface area contributed by atoms with Gasteiger partial charge in [-0.15, -0.1) is 0 Å². The van der Waals surface area contributed by atoms with Crippen molar-refractivity contribution in [3.8, 4) is 0 Å². The lowest BCUT2D eigenvalue weighted by Crippen LogP contribution is -2.61. The topological polar surface area (TPSA) is 0 Å². The van der Waals surface area contributed by atoms with Crippen LogP contribution in [-0.2, 0) is 0 Å². The van der Waals surface area contributed by atoms with Crippen LogP contribution < -0.4 is 0 Å². The van der Waals surface area contributed by atoms with Crippen LogP contribution in [0.15, 0.2) is 0 Å². The minimum Gasteiger partial charge on any atom is -0.241 e. The SMILES string of the molecule is CC(F)C(F)(F)C(F)(F)C(Cl)(Cl)C(Cl)(Cl)Cl. The Bertz CT molecular complexity index is 259. The summed E-state index contributed by atoms with van der Waals surface area (Å²) in [7, 11) is 0. The second-order valence-electron chi connectivity index (χ2n) is 2.89. The van der Waals surface area contributed by atoms with Gasteiger partial charge in [-0.1, -0.05) is 58.0 Å². The molecular formula is C6H4Cl5F5. The first kappa shape index (κ1) is 17.1. The molecule has 0 amide bonds. The molecule has 98 valence electrons. The van der Waals surface area contributed by atoms with Crippen LogP contribution in [0.1, 0.15) is 6.92 Å². The lowest BCUT2D eigenvalue weighted by Gasteiger charge is -2.39. The maximum Gasteiger partial charge on any atom is 0.349 e. The van der Waals surface area contributed by atoms with Gasteiger partial charge in [-0.25, -0.2) is 4.39 Å². The molecule has 0 N–H and O–H groups in total. The van der Waals surface area contributed by atoms with Gasteiger partial charge in [0.25, 0.3) is 0 Å². The van der Waals surface area contributed by atoms with Crippen LogP contribution in [0.3, 0.4) is 0 Å². The Morgan fingerprint density at radius 3 is 1.38 bits per heavy atom. The van der Waals surface area contributed by atoms with E-state index in [-0.39, 0.29) is 6.92 Å². The smallest absolute Gasteiger partial charge is 0.241 e.